The van der Waals surface area contributed by atoms with Crippen molar-refractivity contribution in [3.8, 4) is 11.5 Å². The second kappa shape index (κ2) is 5.56. The summed E-state index contributed by atoms with van der Waals surface area (Å²) in [6, 6.07) is 6.03. The molecule has 1 aromatic rings. The van der Waals surface area contributed by atoms with Crippen LogP contribution in [0, 0.1) is 0 Å². The molecule has 1 aliphatic heterocycles. The lowest BCUT2D eigenvalue weighted by atomic mass is 10.1. The third-order valence-electron chi connectivity index (χ3n) is 2.44. The number of ether oxygens (including phenoxy) is 2. The van der Waals surface area contributed by atoms with Crippen molar-refractivity contribution in [2.75, 3.05) is 26.8 Å². The Morgan fingerprint density at radius 2 is 2.06 bits per heavy atom. The van der Waals surface area contributed by atoms with Crippen LogP contribution in [0.1, 0.15) is 12.0 Å². The summed E-state index contributed by atoms with van der Waals surface area (Å²) in [4.78, 5) is 0. The standard InChI is InChI=1S/C13H17NO2/c1-14-7-3-2-4-11-5-6-12-13(10-11)16-9-8-15-12/h2,4-6,10,14H,3,7-9H2,1H3. The van der Waals surface area contributed by atoms with E-state index in [2.05, 4.69) is 17.5 Å². The molecule has 0 amide bonds. The topological polar surface area (TPSA) is 30.5 Å². The average Bonchev–Trinajstić information content (AvgIpc) is 2.34. The normalized spacial score (nSPS) is 14.3. The largest absolute Gasteiger partial charge is 0.486 e. The highest BCUT2D eigenvalue weighted by atomic mass is 16.6. The third kappa shape index (κ3) is 2.76. The number of hydrogen-bond donors (Lipinski definition) is 1. The summed E-state index contributed by atoms with van der Waals surface area (Å²) in [5.74, 6) is 1.70. The van der Waals surface area contributed by atoms with Crippen molar-refractivity contribution in [3.05, 3.63) is 29.8 Å². The van der Waals surface area contributed by atoms with Gasteiger partial charge in [0, 0.05) is 0 Å². The van der Waals surface area contributed by atoms with Gasteiger partial charge in [-0.25, -0.2) is 0 Å². The Balaban J connectivity index is 2.02. The Morgan fingerprint density at radius 3 is 2.88 bits per heavy atom. The lowest BCUT2D eigenvalue weighted by Gasteiger charge is -2.18. The molecule has 3 heteroatoms. The van der Waals surface area contributed by atoms with Crippen molar-refractivity contribution in [1.29, 1.82) is 0 Å². The molecule has 0 radical (unpaired) electrons. The van der Waals surface area contributed by atoms with Crippen molar-refractivity contribution < 1.29 is 9.47 Å². The van der Waals surface area contributed by atoms with Crippen molar-refractivity contribution in [2.24, 2.45) is 0 Å². The molecule has 0 saturated heterocycles. The van der Waals surface area contributed by atoms with Gasteiger partial charge in [0.05, 0.1) is 0 Å². The van der Waals surface area contributed by atoms with Crippen LogP contribution >= 0.6 is 0 Å². The number of nitrogens with one attached hydrogen (secondary N) is 1. The Hall–Kier alpha value is -1.48. The van der Waals surface area contributed by atoms with Gasteiger partial charge in [-0.3, -0.25) is 0 Å². The maximum atomic E-state index is 5.52. The smallest absolute Gasteiger partial charge is 0.161 e. The molecular formula is C13H17NO2. The maximum Gasteiger partial charge on any atom is 0.161 e. The van der Waals surface area contributed by atoms with Gasteiger partial charge in [0.1, 0.15) is 13.2 Å². The minimum atomic E-state index is 0.639. The van der Waals surface area contributed by atoms with E-state index in [0.29, 0.717) is 13.2 Å². The minimum absolute atomic E-state index is 0.639. The molecule has 0 spiro atoms. The first-order valence-electron chi connectivity index (χ1n) is 5.61. The predicted octanol–water partition coefficient (Wildman–Crippen LogP) is 2.08. The second-order valence-electron chi connectivity index (χ2n) is 3.70. The summed E-state index contributed by atoms with van der Waals surface area (Å²) in [6.07, 6.45) is 5.29. The van der Waals surface area contributed by atoms with Crippen molar-refractivity contribution in [1.82, 2.24) is 5.32 Å². The molecule has 0 fully saturated rings. The van der Waals surface area contributed by atoms with E-state index in [1.807, 2.05) is 25.2 Å². The molecule has 0 atom stereocenters. The molecule has 86 valence electrons. The number of fused-ring (bicyclic) bond motifs is 1. The van der Waals surface area contributed by atoms with Gasteiger partial charge in [0.2, 0.25) is 0 Å². The van der Waals surface area contributed by atoms with Crippen molar-refractivity contribution in [3.63, 3.8) is 0 Å². The number of benzene rings is 1. The zero-order chi connectivity index (χ0) is 11.2. The maximum absolute atomic E-state index is 5.52. The van der Waals surface area contributed by atoms with Crippen LogP contribution in [0.4, 0.5) is 0 Å². The van der Waals surface area contributed by atoms with Gasteiger partial charge in [-0.1, -0.05) is 18.2 Å². The zero-order valence-corrected chi connectivity index (χ0v) is 9.53. The Bertz CT molecular complexity index is 374. The van der Waals surface area contributed by atoms with E-state index < -0.39 is 0 Å². The van der Waals surface area contributed by atoms with Crippen LogP contribution in [0.5, 0.6) is 11.5 Å². The molecule has 1 N–H and O–H groups in total. The van der Waals surface area contributed by atoms with Crippen LogP contribution in [-0.2, 0) is 0 Å². The van der Waals surface area contributed by atoms with E-state index >= 15 is 0 Å². The van der Waals surface area contributed by atoms with E-state index in [4.69, 9.17) is 9.47 Å². The number of hydrogen-bond acceptors (Lipinski definition) is 3. The Labute approximate surface area is 96.1 Å². The minimum Gasteiger partial charge on any atom is -0.486 e. The molecule has 1 aromatic carbocycles. The molecule has 2 rings (SSSR count). The highest BCUT2D eigenvalue weighted by Gasteiger charge is 2.10. The highest BCUT2D eigenvalue weighted by molar-refractivity contribution is 5.56. The molecule has 0 aromatic heterocycles. The molecule has 1 aliphatic rings. The second-order valence-corrected chi connectivity index (χ2v) is 3.70. The molecule has 0 saturated carbocycles. The summed E-state index contributed by atoms with van der Waals surface area (Å²) in [5, 5.41) is 3.11. The Morgan fingerprint density at radius 1 is 1.25 bits per heavy atom. The predicted molar refractivity (Wildman–Crippen MR) is 65.0 cm³/mol. The van der Waals surface area contributed by atoms with Crippen LogP contribution in [0.3, 0.4) is 0 Å². The first kappa shape index (κ1) is 11.0. The monoisotopic (exact) mass is 219 g/mol. The zero-order valence-electron chi connectivity index (χ0n) is 9.53. The fourth-order valence-electron chi connectivity index (χ4n) is 1.61. The van der Waals surface area contributed by atoms with E-state index in [-0.39, 0.29) is 0 Å². The summed E-state index contributed by atoms with van der Waals surface area (Å²) < 4.78 is 11.0. The van der Waals surface area contributed by atoms with Crippen LogP contribution in [0.2, 0.25) is 0 Å². The SMILES string of the molecule is CNCCC=Cc1ccc2c(c1)OCCO2. The van der Waals surface area contributed by atoms with Gasteiger partial charge in [-0.2, -0.15) is 0 Å². The molecule has 16 heavy (non-hydrogen) atoms. The summed E-state index contributed by atoms with van der Waals surface area (Å²) >= 11 is 0. The fraction of sp³-hybridized carbons (Fsp3) is 0.385. The third-order valence-corrected chi connectivity index (χ3v) is 2.44. The molecule has 0 unspecified atom stereocenters. The molecular weight excluding hydrogens is 202 g/mol. The van der Waals surface area contributed by atoms with Crippen LogP contribution in [-0.4, -0.2) is 26.8 Å². The van der Waals surface area contributed by atoms with Crippen molar-refractivity contribution >= 4 is 6.08 Å². The first-order chi connectivity index (χ1) is 7.90. The van der Waals surface area contributed by atoms with Crippen LogP contribution < -0.4 is 14.8 Å². The van der Waals surface area contributed by atoms with Gasteiger partial charge < -0.3 is 14.8 Å². The summed E-state index contributed by atoms with van der Waals surface area (Å²) in [7, 11) is 1.96. The number of rotatable bonds is 4. The van der Waals surface area contributed by atoms with Gasteiger partial charge in [0.15, 0.2) is 11.5 Å². The molecule has 0 bridgehead atoms. The van der Waals surface area contributed by atoms with E-state index in [0.717, 1.165) is 30.0 Å². The van der Waals surface area contributed by atoms with Crippen molar-refractivity contribution in [2.45, 2.75) is 6.42 Å². The van der Waals surface area contributed by atoms with Gasteiger partial charge >= 0.3 is 0 Å². The molecule has 1 heterocycles. The quantitative estimate of drug-likeness (QED) is 0.786. The van der Waals surface area contributed by atoms with E-state index in [1.54, 1.807) is 0 Å². The lowest BCUT2D eigenvalue weighted by Crippen LogP contribution is -2.15. The van der Waals surface area contributed by atoms with Crippen LogP contribution in [0.15, 0.2) is 24.3 Å². The first-order valence-corrected chi connectivity index (χ1v) is 5.61. The van der Waals surface area contributed by atoms with E-state index in [9.17, 15) is 0 Å². The summed E-state index contributed by atoms with van der Waals surface area (Å²) in [5.41, 5.74) is 1.15. The van der Waals surface area contributed by atoms with Gasteiger partial charge in [-0.05, 0) is 37.7 Å². The lowest BCUT2D eigenvalue weighted by molar-refractivity contribution is 0.171. The van der Waals surface area contributed by atoms with Crippen LogP contribution in [0.25, 0.3) is 6.08 Å². The molecule has 3 nitrogen and oxygen atoms in total. The highest BCUT2D eigenvalue weighted by Crippen LogP contribution is 2.31. The molecule has 0 aliphatic carbocycles. The Kier molecular flexibility index (Phi) is 3.83. The average molecular weight is 219 g/mol. The van der Waals surface area contributed by atoms with E-state index in [1.165, 1.54) is 0 Å². The van der Waals surface area contributed by atoms with Gasteiger partial charge in [0.25, 0.3) is 0 Å². The fourth-order valence-corrected chi connectivity index (χ4v) is 1.61. The summed E-state index contributed by atoms with van der Waals surface area (Å²) in [6.45, 7) is 2.28. The van der Waals surface area contributed by atoms with Gasteiger partial charge in [-0.15, -0.1) is 0 Å².